The Bertz CT molecular complexity index is 563. The van der Waals surface area contributed by atoms with Crippen LogP contribution in [0.2, 0.25) is 0 Å². The zero-order chi connectivity index (χ0) is 16.6. The number of hydrogen-bond acceptors (Lipinski definition) is 5. The number of anilines is 1. The van der Waals surface area contributed by atoms with Gasteiger partial charge >= 0.3 is 0 Å². The van der Waals surface area contributed by atoms with Gasteiger partial charge in [-0.05, 0) is 52.8 Å². The van der Waals surface area contributed by atoms with Crippen molar-refractivity contribution >= 4 is 11.7 Å². The molecule has 0 atom stereocenters. The quantitative estimate of drug-likeness (QED) is 0.823. The molecule has 0 radical (unpaired) electrons. The van der Waals surface area contributed by atoms with E-state index in [1.807, 2.05) is 24.0 Å². The summed E-state index contributed by atoms with van der Waals surface area (Å²) in [4.78, 5) is 19.6. The van der Waals surface area contributed by atoms with Crippen LogP contribution < -0.4 is 4.90 Å². The monoisotopic (exact) mass is 317 g/mol. The van der Waals surface area contributed by atoms with Crippen molar-refractivity contribution in [1.82, 2.24) is 20.0 Å². The fourth-order valence-electron chi connectivity index (χ4n) is 3.76. The average Bonchev–Trinajstić information content (AvgIpc) is 2.54. The highest BCUT2D eigenvalue weighted by Crippen LogP contribution is 2.34. The third kappa shape index (κ3) is 2.80. The number of piperidine rings is 1. The van der Waals surface area contributed by atoms with Crippen molar-refractivity contribution in [2.75, 3.05) is 38.1 Å². The highest BCUT2D eigenvalue weighted by molar-refractivity contribution is 5.87. The maximum atomic E-state index is 13.1. The number of amides is 1. The van der Waals surface area contributed by atoms with Crippen molar-refractivity contribution in [2.24, 2.45) is 0 Å². The van der Waals surface area contributed by atoms with Gasteiger partial charge in [-0.1, -0.05) is 0 Å². The molecule has 0 saturated carbocycles. The number of hydrogen-bond donors (Lipinski definition) is 0. The molecule has 6 nitrogen and oxygen atoms in total. The fraction of sp³-hybridized carbons (Fsp3) is 0.706. The van der Waals surface area contributed by atoms with Gasteiger partial charge in [-0.2, -0.15) is 5.10 Å². The van der Waals surface area contributed by atoms with E-state index >= 15 is 0 Å². The molecule has 1 spiro atoms. The van der Waals surface area contributed by atoms with Crippen molar-refractivity contribution in [3.63, 3.8) is 0 Å². The molecule has 0 unspecified atom stereocenters. The van der Waals surface area contributed by atoms with Crippen LogP contribution in [-0.2, 0) is 4.79 Å². The van der Waals surface area contributed by atoms with Gasteiger partial charge in [0.15, 0.2) is 5.82 Å². The number of rotatable bonds is 2. The van der Waals surface area contributed by atoms with Crippen molar-refractivity contribution in [2.45, 2.75) is 45.2 Å². The number of likely N-dealkylation sites (N-methyl/N-ethyl adjacent to an activating group) is 1. The summed E-state index contributed by atoms with van der Waals surface area (Å²) in [5.74, 6) is 1.22. The first-order valence-electron chi connectivity index (χ1n) is 8.51. The third-order valence-corrected chi connectivity index (χ3v) is 5.39. The molecule has 2 fully saturated rings. The molecule has 1 aromatic heterocycles. The smallest absolute Gasteiger partial charge is 0.243 e. The van der Waals surface area contributed by atoms with Crippen molar-refractivity contribution in [1.29, 1.82) is 0 Å². The summed E-state index contributed by atoms with van der Waals surface area (Å²) >= 11 is 0. The van der Waals surface area contributed by atoms with E-state index in [0.29, 0.717) is 5.91 Å². The van der Waals surface area contributed by atoms with E-state index in [1.165, 1.54) is 0 Å². The summed E-state index contributed by atoms with van der Waals surface area (Å²) in [6, 6.07) is 4.28. The third-order valence-electron chi connectivity index (χ3n) is 5.39. The Morgan fingerprint density at radius 2 is 1.78 bits per heavy atom. The van der Waals surface area contributed by atoms with E-state index in [9.17, 15) is 4.79 Å². The second kappa shape index (κ2) is 6.07. The minimum atomic E-state index is -0.336. The molecule has 0 bridgehead atoms. The van der Waals surface area contributed by atoms with Crippen molar-refractivity contribution in [3.05, 3.63) is 17.8 Å². The molecule has 2 aliphatic rings. The first kappa shape index (κ1) is 16.2. The predicted octanol–water partition coefficient (Wildman–Crippen LogP) is 1.31. The second-order valence-electron chi connectivity index (χ2n) is 7.07. The van der Waals surface area contributed by atoms with Crippen LogP contribution in [0.3, 0.4) is 0 Å². The second-order valence-corrected chi connectivity index (χ2v) is 7.07. The number of aryl methyl sites for hydroxylation is 1. The van der Waals surface area contributed by atoms with E-state index in [0.717, 1.165) is 50.5 Å². The van der Waals surface area contributed by atoms with Crippen LogP contribution in [0, 0.1) is 6.92 Å². The van der Waals surface area contributed by atoms with Gasteiger partial charge in [-0.25, -0.2) is 0 Å². The molecule has 1 amide bonds. The van der Waals surface area contributed by atoms with Crippen molar-refractivity contribution < 1.29 is 4.79 Å². The summed E-state index contributed by atoms with van der Waals surface area (Å²) in [6.07, 6.45) is 1.70. The Morgan fingerprint density at radius 3 is 2.35 bits per heavy atom. The Labute approximate surface area is 138 Å². The number of aromatic nitrogens is 2. The van der Waals surface area contributed by atoms with Gasteiger partial charge in [0, 0.05) is 32.2 Å². The average molecular weight is 317 g/mol. The largest absolute Gasteiger partial charge is 0.355 e. The zero-order valence-electron chi connectivity index (χ0n) is 14.6. The molecule has 2 aliphatic heterocycles. The normalized spacial score (nSPS) is 22.2. The van der Waals surface area contributed by atoms with Gasteiger partial charge in [-0.15, -0.1) is 5.10 Å². The standard InChI is InChI=1S/C17H27N5O/c1-13(2)22-12-11-20(4)17(16(22)23)7-9-21(10-8-17)15-6-5-14(3)18-19-15/h5-6,13H,7-12H2,1-4H3. The first-order chi connectivity index (χ1) is 10.9. The lowest BCUT2D eigenvalue weighted by Crippen LogP contribution is -2.68. The molecule has 1 aromatic rings. The van der Waals surface area contributed by atoms with Crippen LogP contribution in [0.5, 0.6) is 0 Å². The highest BCUT2D eigenvalue weighted by Gasteiger charge is 2.49. The molecular formula is C17H27N5O. The molecule has 6 heteroatoms. The lowest BCUT2D eigenvalue weighted by molar-refractivity contribution is -0.154. The van der Waals surface area contributed by atoms with Crippen LogP contribution >= 0.6 is 0 Å². The molecule has 3 rings (SSSR count). The summed E-state index contributed by atoms with van der Waals surface area (Å²) in [6.45, 7) is 9.63. The van der Waals surface area contributed by atoms with Crippen LogP contribution in [-0.4, -0.2) is 70.7 Å². The Balaban J connectivity index is 1.75. The van der Waals surface area contributed by atoms with Crippen LogP contribution in [0.25, 0.3) is 0 Å². The first-order valence-corrected chi connectivity index (χ1v) is 8.51. The minimum Gasteiger partial charge on any atom is -0.355 e. The molecular weight excluding hydrogens is 290 g/mol. The summed E-state index contributed by atoms with van der Waals surface area (Å²) < 4.78 is 0. The van der Waals surface area contributed by atoms with Gasteiger partial charge in [0.2, 0.25) is 5.91 Å². The van der Waals surface area contributed by atoms with Gasteiger partial charge in [0.05, 0.1) is 5.69 Å². The molecule has 126 valence electrons. The number of piperazine rings is 1. The van der Waals surface area contributed by atoms with E-state index in [-0.39, 0.29) is 11.6 Å². The fourth-order valence-corrected chi connectivity index (χ4v) is 3.76. The Morgan fingerprint density at radius 1 is 1.09 bits per heavy atom. The maximum Gasteiger partial charge on any atom is 0.243 e. The van der Waals surface area contributed by atoms with Crippen molar-refractivity contribution in [3.8, 4) is 0 Å². The highest BCUT2D eigenvalue weighted by atomic mass is 16.2. The van der Waals surface area contributed by atoms with E-state index < -0.39 is 0 Å². The molecule has 23 heavy (non-hydrogen) atoms. The number of carbonyl (C=O) groups is 1. The summed E-state index contributed by atoms with van der Waals surface area (Å²) in [5.41, 5.74) is 0.592. The maximum absolute atomic E-state index is 13.1. The molecule has 0 N–H and O–H groups in total. The minimum absolute atomic E-state index is 0.272. The van der Waals surface area contributed by atoms with E-state index in [2.05, 4.69) is 40.9 Å². The number of nitrogens with zero attached hydrogens (tertiary/aromatic N) is 5. The molecule has 2 saturated heterocycles. The lowest BCUT2D eigenvalue weighted by Gasteiger charge is -2.52. The van der Waals surface area contributed by atoms with Gasteiger partial charge in [-0.3, -0.25) is 9.69 Å². The molecule has 0 aliphatic carbocycles. The van der Waals surface area contributed by atoms with Crippen LogP contribution in [0.1, 0.15) is 32.4 Å². The van der Waals surface area contributed by atoms with Gasteiger partial charge < -0.3 is 9.80 Å². The van der Waals surface area contributed by atoms with Crippen LogP contribution in [0.15, 0.2) is 12.1 Å². The van der Waals surface area contributed by atoms with Gasteiger partial charge in [0.1, 0.15) is 5.54 Å². The Kier molecular flexibility index (Phi) is 4.27. The van der Waals surface area contributed by atoms with Crippen LogP contribution in [0.4, 0.5) is 5.82 Å². The molecule has 3 heterocycles. The Hall–Kier alpha value is -1.69. The van der Waals surface area contributed by atoms with E-state index in [1.54, 1.807) is 0 Å². The topological polar surface area (TPSA) is 52.6 Å². The van der Waals surface area contributed by atoms with E-state index in [4.69, 9.17) is 0 Å². The lowest BCUT2D eigenvalue weighted by atomic mass is 9.82. The SMILES string of the molecule is Cc1ccc(N2CCC3(CC2)C(=O)N(C(C)C)CCN3C)nn1. The van der Waals surface area contributed by atoms with Gasteiger partial charge in [0.25, 0.3) is 0 Å². The predicted molar refractivity (Wildman–Crippen MR) is 90.4 cm³/mol. The zero-order valence-corrected chi connectivity index (χ0v) is 14.6. The molecule has 0 aromatic carbocycles. The number of carbonyl (C=O) groups excluding carboxylic acids is 1. The summed E-state index contributed by atoms with van der Waals surface area (Å²) in [7, 11) is 2.09. The summed E-state index contributed by atoms with van der Waals surface area (Å²) in [5, 5.41) is 8.43.